The van der Waals surface area contributed by atoms with Gasteiger partial charge in [0.05, 0.1) is 20.8 Å². The molecule has 0 unspecified atom stereocenters. The second-order valence-corrected chi connectivity index (χ2v) is 4.12. The highest BCUT2D eigenvalue weighted by Gasteiger charge is 2.04. The Balaban J connectivity index is 2.59. The zero-order valence-corrected chi connectivity index (χ0v) is 12.4. The van der Waals surface area contributed by atoms with E-state index in [0.29, 0.717) is 18.0 Å². The molecule has 0 atom stereocenters. The molecule has 0 aliphatic carbocycles. The van der Waals surface area contributed by atoms with Crippen molar-refractivity contribution in [2.45, 2.75) is 6.92 Å². The molecule has 0 bridgehead atoms. The van der Waals surface area contributed by atoms with Crippen LogP contribution < -0.4 is 20.1 Å². The first-order valence-electron chi connectivity index (χ1n) is 6.55. The molecular weight excluding hydrogens is 272 g/mol. The van der Waals surface area contributed by atoms with Crippen LogP contribution >= 0.6 is 0 Å². The molecule has 0 aliphatic rings. The largest absolute Gasteiger partial charge is 0.493 e. The third-order valence-electron chi connectivity index (χ3n) is 2.63. The molecule has 2 amide bonds. The molecule has 114 valence electrons. The fourth-order valence-electron chi connectivity index (χ4n) is 1.61. The molecule has 0 saturated heterocycles. The predicted octanol–water partition coefficient (Wildman–Crippen LogP) is 0.969. The van der Waals surface area contributed by atoms with Crippen molar-refractivity contribution in [3.63, 3.8) is 0 Å². The van der Waals surface area contributed by atoms with Crippen molar-refractivity contribution in [1.82, 2.24) is 10.6 Å². The van der Waals surface area contributed by atoms with E-state index in [1.165, 1.54) is 6.08 Å². The van der Waals surface area contributed by atoms with Gasteiger partial charge in [-0.25, -0.2) is 0 Å². The Kier molecular flexibility index (Phi) is 6.80. The van der Waals surface area contributed by atoms with Crippen molar-refractivity contribution in [1.29, 1.82) is 0 Å². The Morgan fingerprint density at radius 1 is 1.14 bits per heavy atom. The second-order valence-electron chi connectivity index (χ2n) is 4.12. The molecule has 1 aromatic rings. The van der Waals surface area contributed by atoms with Gasteiger partial charge in [-0.05, 0) is 30.7 Å². The predicted molar refractivity (Wildman–Crippen MR) is 80.3 cm³/mol. The van der Waals surface area contributed by atoms with E-state index in [1.807, 2.05) is 6.92 Å². The second kappa shape index (κ2) is 8.63. The Hall–Kier alpha value is -2.50. The van der Waals surface area contributed by atoms with Crippen molar-refractivity contribution in [3.05, 3.63) is 29.8 Å². The van der Waals surface area contributed by atoms with E-state index in [2.05, 4.69) is 10.6 Å². The van der Waals surface area contributed by atoms with Crippen molar-refractivity contribution in [3.8, 4) is 11.5 Å². The highest BCUT2D eigenvalue weighted by atomic mass is 16.5. The summed E-state index contributed by atoms with van der Waals surface area (Å²) in [5.41, 5.74) is 0.792. The van der Waals surface area contributed by atoms with Crippen molar-refractivity contribution < 1.29 is 19.1 Å². The highest BCUT2D eigenvalue weighted by Crippen LogP contribution is 2.27. The van der Waals surface area contributed by atoms with Crippen LogP contribution in [0.4, 0.5) is 0 Å². The van der Waals surface area contributed by atoms with Crippen LogP contribution in [0.1, 0.15) is 12.5 Å². The van der Waals surface area contributed by atoms with E-state index in [-0.39, 0.29) is 18.4 Å². The van der Waals surface area contributed by atoms with Crippen LogP contribution in [-0.2, 0) is 9.59 Å². The molecule has 0 heterocycles. The van der Waals surface area contributed by atoms with Gasteiger partial charge in [-0.15, -0.1) is 0 Å². The topological polar surface area (TPSA) is 76.7 Å². The van der Waals surface area contributed by atoms with E-state index in [0.717, 1.165) is 5.56 Å². The summed E-state index contributed by atoms with van der Waals surface area (Å²) < 4.78 is 10.3. The maximum atomic E-state index is 11.6. The minimum atomic E-state index is -0.337. The summed E-state index contributed by atoms with van der Waals surface area (Å²) in [6, 6.07) is 5.31. The molecule has 0 saturated carbocycles. The third-order valence-corrected chi connectivity index (χ3v) is 2.63. The zero-order chi connectivity index (χ0) is 15.7. The zero-order valence-electron chi connectivity index (χ0n) is 12.4. The number of likely N-dealkylation sites (N-methyl/N-ethyl adjacent to an activating group) is 1. The van der Waals surface area contributed by atoms with Crippen molar-refractivity contribution in [2.75, 3.05) is 27.3 Å². The average Bonchev–Trinajstić information content (AvgIpc) is 2.50. The van der Waals surface area contributed by atoms with Gasteiger partial charge < -0.3 is 20.1 Å². The van der Waals surface area contributed by atoms with E-state index in [1.54, 1.807) is 38.5 Å². The summed E-state index contributed by atoms with van der Waals surface area (Å²) in [6.45, 7) is 2.32. The number of methoxy groups -OCH3 is 2. The summed E-state index contributed by atoms with van der Waals surface area (Å²) in [5, 5.41) is 5.09. The van der Waals surface area contributed by atoms with Crippen LogP contribution in [0.3, 0.4) is 0 Å². The van der Waals surface area contributed by atoms with Gasteiger partial charge in [0.1, 0.15) is 0 Å². The van der Waals surface area contributed by atoms with Crippen molar-refractivity contribution >= 4 is 17.9 Å². The average molecular weight is 292 g/mol. The summed E-state index contributed by atoms with van der Waals surface area (Å²) >= 11 is 0. The minimum absolute atomic E-state index is 0.0387. The number of carbonyl (C=O) groups excluding carboxylic acids is 2. The first kappa shape index (κ1) is 16.6. The number of hydrogen-bond donors (Lipinski definition) is 2. The Morgan fingerprint density at radius 3 is 2.48 bits per heavy atom. The number of carbonyl (C=O) groups is 2. The molecule has 21 heavy (non-hydrogen) atoms. The standard InChI is InChI=1S/C15H20N2O4/c1-4-16-15(19)10-17-14(18)8-6-11-5-7-12(20-2)13(9-11)21-3/h5-9H,4,10H2,1-3H3,(H,16,19)(H,17,18)/b8-6+. The van der Waals surface area contributed by atoms with Gasteiger partial charge in [-0.3, -0.25) is 9.59 Å². The molecule has 0 spiro atoms. The quantitative estimate of drug-likeness (QED) is 0.734. The summed E-state index contributed by atoms with van der Waals surface area (Å²) in [7, 11) is 3.10. The number of ether oxygens (including phenoxy) is 2. The Morgan fingerprint density at radius 2 is 1.86 bits per heavy atom. The minimum Gasteiger partial charge on any atom is -0.493 e. The van der Waals surface area contributed by atoms with Gasteiger partial charge in [-0.1, -0.05) is 6.07 Å². The van der Waals surface area contributed by atoms with E-state index in [9.17, 15) is 9.59 Å². The first-order valence-corrected chi connectivity index (χ1v) is 6.55. The summed E-state index contributed by atoms with van der Waals surface area (Å²) in [5.74, 6) is 0.652. The number of rotatable bonds is 7. The molecule has 1 rings (SSSR count). The van der Waals surface area contributed by atoms with E-state index < -0.39 is 0 Å². The molecule has 2 N–H and O–H groups in total. The van der Waals surface area contributed by atoms with Gasteiger partial charge >= 0.3 is 0 Å². The molecule has 1 aromatic carbocycles. The van der Waals surface area contributed by atoms with Gasteiger partial charge in [0.25, 0.3) is 0 Å². The Bertz CT molecular complexity index is 526. The molecule has 0 fully saturated rings. The van der Waals surface area contributed by atoms with Crippen LogP contribution in [0, 0.1) is 0 Å². The van der Waals surface area contributed by atoms with Crippen LogP contribution in [0.15, 0.2) is 24.3 Å². The third kappa shape index (κ3) is 5.56. The lowest BCUT2D eigenvalue weighted by atomic mass is 10.2. The maximum absolute atomic E-state index is 11.6. The van der Waals surface area contributed by atoms with Crippen LogP contribution in [0.2, 0.25) is 0 Å². The number of nitrogens with one attached hydrogen (secondary N) is 2. The molecule has 6 nitrogen and oxygen atoms in total. The van der Waals surface area contributed by atoms with Gasteiger partial charge in [0.15, 0.2) is 11.5 Å². The van der Waals surface area contributed by atoms with Crippen LogP contribution in [0.25, 0.3) is 6.08 Å². The lowest BCUT2D eigenvalue weighted by Gasteiger charge is -2.07. The van der Waals surface area contributed by atoms with E-state index in [4.69, 9.17) is 9.47 Å². The molecule has 0 aromatic heterocycles. The lowest BCUT2D eigenvalue weighted by Crippen LogP contribution is -2.35. The van der Waals surface area contributed by atoms with Crippen molar-refractivity contribution in [2.24, 2.45) is 0 Å². The number of hydrogen-bond acceptors (Lipinski definition) is 4. The number of benzene rings is 1. The molecule has 6 heteroatoms. The molecular formula is C15H20N2O4. The lowest BCUT2D eigenvalue weighted by molar-refractivity contribution is -0.123. The normalized spacial score (nSPS) is 10.2. The number of amides is 2. The van der Waals surface area contributed by atoms with Crippen LogP contribution in [0.5, 0.6) is 11.5 Å². The first-order chi connectivity index (χ1) is 10.1. The van der Waals surface area contributed by atoms with Crippen LogP contribution in [-0.4, -0.2) is 39.1 Å². The summed E-state index contributed by atoms with van der Waals surface area (Å²) in [6.07, 6.45) is 3.00. The molecule has 0 aliphatic heterocycles. The summed E-state index contributed by atoms with van der Waals surface area (Å²) in [4.78, 5) is 22.8. The van der Waals surface area contributed by atoms with Gasteiger partial charge in [0.2, 0.25) is 11.8 Å². The monoisotopic (exact) mass is 292 g/mol. The highest BCUT2D eigenvalue weighted by molar-refractivity contribution is 5.94. The maximum Gasteiger partial charge on any atom is 0.244 e. The van der Waals surface area contributed by atoms with Gasteiger partial charge in [-0.2, -0.15) is 0 Å². The SMILES string of the molecule is CCNC(=O)CNC(=O)/C=C/c1ccc(OC)c(OC)c1. The smallest absolute Gasteiger partial charge is 0.244 e. The Labute approximate surface area is 124 Å². The fourth-order valence-corrected chi connectivity index (χ4v) is 1.61. The van der Waals surface area contributed by atoms with E-state index >= 15 is 0 Å². The fraction of sp³-hybridized carbons (Fsp3) is 0.333. The van der Waals surface area contributed by atoms with Gasteiger partial charge in [0, 0.05) is 12.6 Å². The molecule has 0 radical (unpaired) electrons.